The molecule has 0 bridgehead atoms. The van der Waals surface area contributed by atoms with Crippen LogP contribution in [0.5, 0.6) is 17.4 Å². The first kappa shape index (κ1) is 18.3. The molecule has 1 aliphatic heterocycles. The van der Waals surface area contributed by atoms with E-state index < -0.39 is 0 Å². The van der Waals surface area contributed by atoms with Crippen LogP contribution in [0.15, 0.2) is 47.6 Å². The van der Waals surface area contributed by atoms with Gasteiger partial charge in [0.2, 0.25) is 5.88 Å². The van der Waals surface area contributed by atoms with Crippen LogP contribution >= 0.6 is 24.0 Å². The van der Waals surface area contributed by atoms with E-state index in [2.05, 4.69) is 20.2 Å². The number of nitrogens with zero attached hydrogens (tertiary/aromatic N) is 3. The summed E-state index contributed by atoms with van der Waals surface area (Å²) < 4.78 is 10.9. The van der Waals surface area contributed by atoms with E-state index in [1.165, 1.54) is 0 Å². The molecule has 24 heavy (non-hydrogen) atoms. The van der Waals surface area contributed by atoms with E-state index in [-0.39, 0.29) is 24.0 Å². The number of methoxy groups -OCH3 is 1. The van der Waals surface area contributed by atoms with Gasteiger partial charge in [-0.25, -0.2) is 4.98 Å². The summed E-state index contributed by atoms with van der Waals surface area (Å²) in [5.41, 5.74) is 1.07. The van der Waals surface area contributed by atoms with Gasteiger partial charge < -0.3 is 19.7 Å². The van der Waals surface area contributed by atoms with Gasteiger partial charge in [0.1, 0.15) is 11.5 Å². The Morgan fingerprint density at radius 1 is 1.21 bits per heavy atom. The van der Waals surface area contributed by atoms with Gasteiger partial charge in [0.05, 0.1) is 13.7 Å². The van der Waals surface area contributed by atoms with E-state index in [1.54, 1.807) is 13.3 Å². The lowest BCUT2D eigenvalue weighted by atomic mass is 10.3. The highest BCUT2D eigenvalue weighted by atomic mass is 127. The summed E-state index contributed by atoms with van der Waals surface area (Å²) in [6, 6.07) is 11.3. The van der Waals surface area contributed by atoms with Crippen molar-refractivity contribution >= 4 is 29.9 Å². The Morgan fingerprint density at radius 2 is 2.04 bits per heavy atom. The number of rotatable bonds is 5. The second-order valence-corrected chi connectivity index (χ2v) is 5.27. The van der Waals surface area contributed by atoms with Gasteiger partial charge >= 0.3 is 0 Å². The van der Waals surface area contributed by atoms with Crippen LogP contribution in [-0.2, 0) is 6.54 Å². The lowest BCUT2D eigenvalue weighted by Crippen LogP contribution is -2.35. The second kappa shape index (κ2) is 8.72. The smallest absolute Gasteiger partial charge is 0.219 e. The lowest BCUT2D eigenvalue weighted by molar-refractivity contribution is 0.407. The van der Waals surface area contributed by atoms with Crippen molar-refractivity contribution < 1.29 is 9.47 Å². The highest BCUT2D eigenvalue weighted by Crippen LogP contribution is 2.23. The van der Waals surface area contributed by atoms with E-state index in [1.807, 2.05) is 43.4 Å². The largest absolute Gasteiger partial charge is 0.497 e. The Bertz CT molecular complexity index is 691. The summed E-state index contributed by atoms with van der Waals surface area (Å²) in [5, 5.41) is 3.31. The van der Waals surface area contributed by atoms with Crippen LogP contribution in [0.3, 0.4) is 0 Å². The molecule has 3 rings (SSSR count). The van der Waals surface area contributed by atoms with Gasteiger partial charge in [-0.05, 0) is 17.7 Å². The minimum absolute atomic E-state index is 0. The second-order valence-electron chi connectivity index (χ2n) is 5.27. The molecule has 0 saturated heterocycles. The third kappa shape index (κ3) is 4.73. The molecule has 0 unspecified atom stereocenters. The molecule has 0 radical (unpaired) electrons. The Kier molecular flexibility index (Phi) is 6.65. The van der Waals surface area contributed by atoms with Gasteiger partial charge in [0.25, 0.3) is 0 Å². The van der Waals surface area contributed by atoms with E-state index in [0.29, 0.717) is 18.2 Å². The third-order valence-corrected chi connectivity index (χ3v) is 3.57. The minimum atomic E-state index is 0. The van der Waals surface area contributed by atoms with Crippen molar-refractivity contribution in [1.82, 2.24) is 15.2 Å². The van der Waals surface area contributed by atoms with Crippen molar-refractivity contribution in [3.63, 3.8) is 0 Å². The van der Waals surface area contributed by atoms with Crippen molar-refractivity contribution in [1.29, 1.82) is 0 Å². The predicted molar refractivity (Wildman–Crippen MR) is 104 cm³/mol. The number of hydrogen-bond donors (Lipinski definition) is 1. The molecule has 1 N–H and O–H groups in total. The average Bonchev–Trinajstić information content (AvgIpc) is 2.99. The SMILES string of the molecule is COc1cccc(Oc2ccc(CNC3=NCCN3C)cn2)c1.I. The molecule has 2 aromatic rings. The number of aromatic nitrogens is 1. The maximum atomic E-state index is 5.73. The Balaban J connectivity index is 0.00000208. The highest BCUT2D eigenvalue weighted by molar-refractivity contribution is 14.0. The molecule has 0 amide bonds. The van der Waals surface area contributed by atoms with Gasteiger partial charge in [-0.3, -0.25) is 4.99 Å². The molecule has 128 valence electrons. The molecular weight excluding hydrogens is 419 g/mol. The third-order valence-electron chi connectivity index (χ3n) is 3.57. The van der Waals surface area contributed by atoms with E-state index in [0.717, 1.165) is 30.4 Å². The fraction of sp³-hybridized carbons (Fsp3) is 0.294. The molecular formula is C17H21IN4O2. The molecule has 0 saturated carbocycles. The van der Waals surface area contributed by atoms with Crippen LogP contribution in [0.1, 0.15) is 5.56 Å². The van der Waals surface area contributed by atoms with Gasteiger partial charge in [-0.15, -0.1) is 24.0 Å². The van der Waals surface area contributed by atoms with Gasteiger partial charge in [0.15, 0.2) is 5.96 Å². The molecule has 1 aliphatic rings. The van der Waals surface area contributed by atoms with E-state index in [9.17, 15) is 0 Å². The number of likely N-dealkylation sites (N-methyl/N-ethyl adjacent to an activating group) is 1. The monoisotopic (exact) mass is 440 g/mol. The number of pyridine rings is 1. The van der Waals surface area contributed by atoms with Crippen LogP contribution in [-0.4, -0.2) is 43.1 Å². The number of hydrogen-bond acceptors (Lipinski definition) is 6. The number of guanidine groups is 1. The molecule has 0 fully saturated rings. The number of halogens is 1. The number of aliphatic imine (C=N–C) groups is 1. The fourth-order valence-electron chi connectivity index (χ4n) is 2.27. The first-order valence-corrected chi connectivity index (χ1v) is 7.51. The highest BCUT2D eigenvalue weighted by Gasteiger charge is 2.11. The van der Waals surface area contributed by atoms with Crippen LogP contribution in [0.2, 0.25) is 0 Å². The first-order valence-electron chi connectivity index (χ1n) is 7.51. The summed E-state index contributed by atoms with van der Waals surface area (Å²) in [4.78, 5) is 10.8. The maximum Gasteiger partial charge on any atom is 0.219 e. The fourth-order valence-corrected chi connectivity index (χ4v) is 2.27. The molecule has 0 aliphatic carbocycles. The van der Waals surface area contributed by atoms with Crippen LogP contribution in [0.25, 0.3) is 0 Å². The van der Waals surface area contributed by atoms with Crippen molar-refractivity contribution in [3.05, 3.63) is 48.2 Å². The Morgan fingerprint density at radius 3 is 2.71 bits per heavy atom. The summed E-state index contributed by atoms with van der Waals surface area (Å²) in [7, 11) is 3.66. The minimum Gasteiger partial charge on any atom is -0.497 e. The number of nitrogens with one attached hydrogen (secondary N) is 1. The topological polar surface area (TPSA) is 59.0 Å². The van der Waals surface area contributed by atoms with Crippen LogP contribution in [0.4, 0.5) is 0 Å². The molecule has 0 atom stereocenters. The summed E-state index contributed by atoms with van der Waals surface area (Å²) in [6.07, 6.45) is 1.80. The zero-order chi connectivity index (χ0) is 16.1. The molecule has 0 spiro atoms. The summed E-state index contributed by atoms with van der Waals surface area (Å²) >= 11 is 0. The number of ether oxygens (including phenoxy) is 2. The van der Waals surface area contributed by atoms with E-state index in [4.69, 9.17) is 9.47 Å². The molecule has 1 aromatic carbocycles. The molecule has 6 nitrogen and oxygen atoms in total. The van der Waals surface area contributed by atoms with Crippen molar-refractivity contribution in [2.24, 2.45) is 4.99 Å². The van der Waals surface area contributed by atoms with Gasteiger partial charge in [-0.2, -0.15) is 0 Å². The van der Waals surface area contributed by atoms with E-state index >= 15 is 0 Å². The molecule has 7 heteroatoms. The summed E-state index contributed by atoms with van der Waals surface area (Å²) in [6.45, 7) is 2.51. The van der Waals surface area contributed by atoms with Crippen molar-refractivity contribution in [2.75, 3.05) is 27.2 Å². The average molecular weight is 440 g/mol. The maximum absolute atomic E-state index is 5.73. The molecule has 1 aromatic heterocycles. The first-order chi connectivity index (χ1) is 11.2. The van der Waals surface area contributed by atoms with Crippen LogP contribution in [0, 0.1) is 0 Å². The van der Waals surface area contributed by atoms with Crippen molar-refractivity contribution in [3.8, 4) is 17.4 Å². The lowest BCUT2D eigenvalue weighted by Gasteiger charge is -2.15. The summed E-state index contributed by atoms with van der Waals surface area (Å²) in [5.74, 6) is 2.94. The van der Waals surface area contributed by atoms with Crippen LogP contribution < -0.4 is 14.8 Å². The zero-order valence-corrected chi connectivity index (χ0v) is 16.1. The molecule has 2 heterocycles. The Hall–Kier alpha value is -2.03. The normalized spacial score (nSPS) is 13.1. The predicted octanol–water partition coefficient (Wildman–Crippen LogP) is 2.89. The van der Waals surface area contributed by atoms with Gasteiger partial charge in [-0.1, -0.05) is 12.1 Å². The van der Waals surface area contributed by atoms with Gasteiger partial charge in [0, 0.05) is 38.5 Å². The van der Waals surface area contributed by atoms with Crippen molar-refractivity contribution in [2.45, 2.75) is 6.54 Å². The Labute approximate surface area is 158 Å². The zero-order valence-electron chi connectivity index (χ0n) is 13.7. The standard InChI is InChI=1S/C17H20N4O2.HI/c1-21-9-8-18-17(21)20-12-13-6-7-16(19-11-13)23-15-5-3-4-14(10-15)22-2;/h3-7,10-11H,8-9,12H2,1-2H3,(H,18,20);1H. The number of benzene rings is 1. The quantitative estimate of drug-likeness (QED) is 0.725.